The Labute approximate surface area is 137 Å². The molecular weight excluding hydrogens is 345 g/mol. The number of aromatic nitrogens is 3. The van der Waals surface area contributed by atoms with Crippen molar-refractivity contribution in [2.24, 2.45) is 0 Å². The van der Waals surface area contributed by atoms with E-state index in [2.05, 4.69) is 10.1 Å². The number of rotatable bonds is 4. The number of hydrogen-bond donors (Lipinski definition) is 0. The van der Waals surface area contributed by atoms with Gasteiger partial charge in [0.25, 0.3) is 5.91 Å². The van der Waals surface area contributed by atoms with Gasteiger partial charge in [0.1, 0.15) is 5.75 Å². The first kappa shape index (κ1) is 16.6. The van der Waals surface area contributed by atoms with Crippen LogP contribution in [0.4, 0.5) is 13.2 Å². The summed E-state index contributed by atoms with van der Waals surface area (Å²) in [5, 5.41) is 4.32. The number of carbonyl (C=O) groups is 1. The molecule has 0 bridgehead atoms. The average molecular weight is 358 g/mol. The van der Waals surface area contributed by atoms with Gasteiger partial charge in [0, 0.05) is 25.4 Å². The van der Waals surface area contributed by atoms with Crippen LogP contribution in [0.25, 0.3) is 5.69 Å². The predicted octanol–water partition coefficient (Wildman–Crippen LogP) is 1.53. The number of alkyl halides is 3. The summed E-state index contributed by atoms with van der Waals surface area (Å²) >= 11 is 0. The number of pyridine rings is 1. The zero-order valence-electron chi connectivity index (χ0n) is 12.4. The Morgan fingerprint density at radius 2 is 2.12 bits per heavy atom. The quantitative estimate of drug-likeness (QED) is 0.831. The third kappa shape index (κ3) is 3.64. The molecule has 24 heavy (non-hydrogen) atoms. The first-order valence-corrected chi connectivity index (χ1v) is 8.52. The number of fused-ring (bicyclic) bond motifs is 1. The molecule has 1 aliphatic rings. The number of nitrogens with zero attached hydrogens (tertiary/aromatic N) is 4. The second-order valence-electron chi connectivity index (χ2n) is 5.29. The van der Waals surface area contributed by atoms with Crippen LogP contribution in [0.2, 0.25) is 0 Å². The molecule has 0 aliphatic carbocycles. The molecule has 0 N–H and O–H groups in total. The second-order valence-corrected chi connectivity index (χ2v) is 6.72. The summed E-state index contributed by atoms with van der Waals surface area (Å²) in [5.41, 5.74) is 1.56. The summed E-state index contributed by atoms with van der Waals surface area (Å²) in [6, 6.07) is 3.50. The molecule has 1 atom stereocenters. The lowest BCUT2D eigenvalue weighted by atomic mass is 10.1. The Morgan fingerprint density at radius 1 is 1.33 bits per heavy atom. The van der Waals surface area contributed by atoms with Gasteiger partial charge in [-0.15, -0.1) is 0 Å². The Morgan fingerprint density at radius 3 is 2.79 bits per heavy atom. The second kappa shape index (κ2) is 6.34. The van der Waals surface area contributed by atoms with Crippen LogP contribution in [0.5, 0.6) is 0 Å². The highest BCUT2D eigenvalue weighted by Crippen LogP contribution is 2.21. The monoisotopic (exact) mass is 358 g/mol. The highest BCUT2D eigenvalue weighted by molar-refractivity contribution is 7.85. The summed E-state index contributed by atoms with van der Waals surface area (Å²) in [5.74, 6) is -2.31. The predicted molar refractivity (Wildman–Crippen MR) is 80.0 cm³/mol. The molecule has 2 aromatic rings. The molecule has 1 amide bonds. The van der Waals surface area contributed by atoms with Crippen molar-refractivity contribution >= 4 is 16.7 Å². The number of carbonyl (C=O) groups excluding carboxylic acids is 1. The highest BCUT2D eigenvalue weighted by atomic mass is 32.2. The van der Waals surface area contributed by atoms with Gasteiger partial charge in [0.05, 0.1) is 39.8 Å². The van der Waals surface area contributed by atoms with Crippen molar-refractivity contribution in [3.8, 4) is 5.69 Å². The Kier molecular flexibility index (Phi) is 4.39. The molecule has 2 aromatic heterocycles. The van der Waals surface area contributed by atoms with Gasteiger partial charge in [-0.1, -0.05) is 0 Å². The molecule has 0 radical (unpaired) electrons. The number of amides is 1. The van der Waals surface area contributed by atoms with Crippen LogP contribution >= 0.6 is 0 Å². The maximum Gasteiger partial charge on any atom is 0.400 e. The van der Waals surface area contributed by atoms with E-state index >= 15 is 0 Å². The van der Waals surface area contributed by atoms with E-state index in [0.29, 0.717) is 23.4 Å². The summed E-state index contributed by atoms with van der Waals surface area (Å²) in [4.78, 5) is 17.6. The average Bonchev–Trinajstić information content (AvgIpc) is 2.94. The van der Waals surface area contributed by atoms with E-state index < -0.39 is 34.5 Å². The van der Waals surface area contributed by atoms with E-state index in [1.54, 1.807) is 24.5 Å². The van der Waals surface area contributed by atoms with E-state index in [0.717, 1.165) is 0 Å². The fourth-order valence-electron chi connectivity index (χ4n) is 2.43. The van der Waals surface area contributed by atoms with Crippen LogP contribution in [0, 0.1) is 0 Å². The first-order valence-electron chi connectivity index (χ1n) is 7.03. The zero-order valence-corrected chi connectivity index (χ0v) is 13.2. The van der Waals surface area contributed by atoms with Crippen molar-refractivity contribution < 1.29 is 22.2 Å². The minimum absolute atomic E-state index is 0.194. The standard InChI is InChI=1S/C14H13F3N4O2S/c15-14(16,17)8-24(23)9-20-5-3-12-11(13(20)22)7-21(19-12)10-2-1-4-18-6-10/h1-2,4,6-7H,3,5,8-9H2. The minimum Gasteiger partial charge on any atom is -0.326 e. The van der Waals surface area contributed by atoms with Crippen LogP contribution in [-0.4, -0.2) is 54.1 Å². The van der Waals surface area contributed by atoms with Gasteiger partial charge in [0.2, 0.25) is 0 Å². The summed E-state index contributed by atoms with van der Waals surface area (Å²) in [6.45, 7) is 0.194. The zero-order chi connectivity index (χ0) is 17.3. The number of hydrogen-bond acceptors (Lipinski definition) is 4. The van der Waals surface area contributed by atoms with E-state index in [9.17, 15) is 22.2 Å². The van der Waals surface area contributed by atoms with Crippen molar-refractivity contribution in [2.45, 2.75) is 12.6 Å². The van der Waals surface area contributed by atoms with Crippen molar-refractivity contribution in [3.05, 3.63) is 42.0 Å². The molecule has 128 valence electrons. The van der Waals surface area contributed by atoms with E-state index in [-0.39, 0.29) is 6.54 Å². The van der Waals surface area contributed by atoms with Crippen LogP contribution in [0.15, 0.2) is 30.7 Å². The normalized spacial score (nSPS) is 16.1. The first-order chi connectivity index (χ1) is 11.3. The van der Waals surface area contributed by atoms with Gasteiger partial charge < -0.3 is 4.90 Å². The summed E-state index contributed by atoms with van der Waals surface area (Å²) in [6.07, 6.45) is 0.597. The molecular formula is C14H13F3N4O2S. The van der Waals surface area contributed by atoms with E-state index in [1.807, 2.05) is 0 Å². The topological polar surface area (TPSA) is 68.1 Å². The Balaban J connectivity index is 1.76. The fraction of sp³-hybridized carbons (Fsp3) is 0.357. The van der Waals surface area contributed by atoms with Gasteiger partial charge in [-0.25, -0.2) is 4.68 Å². The molecule has 0 saturated carbocycles. The van der Waals surface area contributed by atoms with Crippen molar-refractivity contribution in [2.75, 3.05) is 18.2 Å². The van der Waals surface area contributed by atoms with Crippen LogP contribution in [-0.2, 0) is 17.2 Å². The van der Waals surface area contributed by atoms with Gasteiger partial charge in [-0.3, -0.25) is 14.0 Å². The van der Waals surface area contributed by atoms with Crippen molar-refractivity contribution in [1.29, 1.82) is 0 Å². The maximum absolute atomic E-state index is 12.4. The molecule has 1 unspecified atom stereocenters. The molecule has 10 heteroatoms. The fourth-order valence-corrected chi connectivity index (χ4v) is 3.48. The highest BCUT2D eigenvalue weighted by Gasteiger charge is 2.33. The van der Waals surface area contributed by atoms with Gasteiger partial charge in [0.15, 0.2) is 0 Å². The molecule has 1 aliphatic heterocycles. The third-order valence-corrected chi connectivity index (χ3v) is 4.71. The molecule has 6 nitrogen and oxygen atoms in total. The lowest BCUT2D eigenvalue weighted by Crippen LogP contribution is -2.40. The molecule has 0 saturated heterocycles. The summed E-state index contributed by atoms with van der Waals surface area (Å²) < 4.78 is 49.9. The van der Waals surface area contributed by atoms with Gasteiger partial charge in [-0.05, 0) is 12.1 Å². The molecule has 3 rings (SSSR count). The van der Waals surface area contributed by atoms with Crippen LogP contribution in [0.1, 0.15) is 16.1 Å². The van der Waals surface area contributed by atoms with Crippen molar-refractivity contribution in [3.63, 3.8) is 0 Å². The molecule has 0 fully saturated rings. The maximum atomic E-state index is 12.4. The minimum atomic E-state index is -4.51. The van der Waals surface area contributed by atoms with Crippen molar-refractivity contribution in [1.82, 2.24) is 19.7 Å². The molecule has 0 spiro atoms. The molecule has 0 aromatic carbocycles. The lowest BCUT2D eigenvalue weighted by molar-refractivity contribution is -0.105. The largest absolute Gasteiger partial charge is 0.400 e. The third-order valence-electron chi connectivity index (χ3n) is 3.46. The van der Waals surface area contributed by atoms with Gasteiger partial charge in [-0.2, -0.15) is 18.3 Å². The van der Waals surface area contributed by atoms with Crippen LogP contribution < -0.4 is 0 Å². The number of halogens is 3. The van der Waals surface area contributed by atoms with Crippen LogP contribution in [0.3, 0.4) is 0 Å². The molecule has 3 heterocycles. The van der Waals surface area contributed by atoms with Gasteiger partial charge >= 0.3 is 6.18 Å². The Bertz CT molecular complexity index is 776. The smallest absolute Gasteiger partial charge is 0.326 e. The summed E-state index contributed by atoms with van der Waals surface area (Å²) in [7, 11) is -2.17. The van der Waals surface area contributed by atoms with E-state index in [4.69, 9.17) is 0 Å². The SMILES string of the molecule is O=C1c2cn(-c3cccnc3)nc2CCN1CS(=O)CC(F)(F)F. The van der Waals surface area contributed by atoms with E-state index in [1.165, 1.54) is 15.8 Å². The lowest BCUT2D eigenvalue weighted by Gasteiger charge is -2.25. The Hall–Kier alpha value is -2.23.